The number of aromatic nitrogens is 2. The summed E-state index contributed by atoms with van der Waals surface area (Å²) < 4.78 is 1.91. The topological polar surface area (TPSA) is 76.2 Å². The zero-order valence-corrected chi connectivity index (χ0v) is 10.2. The summed E-state index contributed by atoms with van der Waals surface area (Å²) in [7, 11) is 0. The molecule has 2 aromatic rings. The fraction of sp³-hybridized carbons (Fsp3) is 0.300. The Morgan fingerprint density at radius 3 is 3.18 bits per heavy atom. The van der Waals surface area contributed by atoms with Crippen molar-refractivity contribution < 1.29 is 14.7 Å². The molecule has 1 N–H and O–H groups in total. The highest BCUT2D eigenvalue weighted by Gasteiger charge is 2.09. The van der Waals surface area contributed by atoms with Crippen LogP contribution in [0.15, 0.2) is 11.4 Å². The highest BCUT2D eigenvalue weighted by molar-refractivity contribution is 7.17. The maximum absolute atomic E-state index is 10.2. The molecule has 0 saturated heterocycles. The highest BCUT2D eigenvalue weighted by atomic mass is 32.1. The van der Waals surface area contributed by atoms with Crippen molar-refractivity contribution in [3.63, 3.8) is 0 Å². The number of hydrogen-bond acceptors (Lipinski definition) is 5. The third kappa shape index (κ3) is 2.44. The van der Waals surface area contributed by atoms with Gasteiger partial charge in [-0.1, -0.05) is 5.16 Å². The zero-order valence-electron chi connectivity index (χ0n) is 9.38. The number of carboxylic acid groups (broad SMARTS) is 1. The largest absolute Gasteiger partial charge is 0.479 e. The predicted octanol–water partition coefficient (Wildman–Crippen LogP) is 1.45. The second-order valence-corrected chi connectivity index (χ2v) is 4.69. The van der Waals surface area contributed by atoms with E-state index in [1.54, 1.807) is 11.3 Å². The molecule has 0 bridgehead atoms. The minimum Gasteiger partial charge on any atom is -0.479 e. The van der Waals surface area contributed by atoms with Gasteiger partial charge in [-0.05, 0) is 13.8 Å². The van der Waals surface area contributed by atoms with Gasteiger partial charge in [0, 0.05) is 11.1 Å². The Balaban J connectivity index is 2.22. The van der Waals surface area contributed by atoms with E-state index < -0.39 is 12.6 Å². The van der Waals surface area contributed by atoms with Crippen molar-refractivity contribution in [3.05, 3.63) is 22.5 Å². The third-order valence-electron chi connectivity index (χ3n) is 2.10. The van der Waals surface area contributed by atoms with Crippen LogP contribution in [0.4, 0.5) is 0 Å². The molecule has 0 radical (unpaired) electrons. The van der Waals surface area contributed by atoms with E-state index in [1.165, 1.54) is 6.21 Å². The predicted molar refractivity (Wildman–Crippen MR) is 63.7 cm³/mol. The van der Waals surface area contributed by atoms with E-state index in [2.05, 4.69) is 15.0 Å². The molecule has 0 saturated carbocycles. The summed E-state index contributed by atoms with van der Waals surface area (Å²) in [4.78, 5) is 21.2. The first kappa shape index (κ1) is 11.6. The number of hydrogen-bond donors (Lipinski definition) is 1. The molecule has 2 aromatic heterocycles. The minimum absolute atomic E-state index is 0.444. The number of carbonyl (C=O) groups is 1. The first-order chi connectivity index (χ1) is 8.08. The van der Waals surface area contributed by atoms with Crippen molar-refractivity contribution >= 4 is 28.5 Å². The first-order valence-electron chi connectivity index (χ1n) is 4.90. The maximum atomic E-state index is 10.2. The van der Waals surface area contributed by atoms with E-state index in [0.29, 0.717) is 0 Å². The lowest BCUT2D eigenvalue weighted by Crippen LogP contribution is -2.03. The maximum Gasteiger partial charge on any atom is 0.344 e. The number of aliphatic carboxylic acids is 1. The minimum atomic E-state index is -1.05. The molecule has 2 heterocycles. The molecule has 0 aliphatic rings. The number of thiazole rings is 1. The van der Waals surface area contributed by atoms with E-state index >= 15 is 0 Å². The molecule has 0 atom stereocenters. The quantitative estimate of drug-likeness (QED) is 0.661. The van der Waals surface area contributed by atoms with Crippen LogP contribution in [0.3, 0.4) is 0 Å². The molecular weight excluding hydrogens is 242 g/mol. The van der Waals surface area contributed by atoms with Gasteiger partial charge in [-0.15, -0.1) is 11.3 Å². The summed E-state index contributed by atoms with van der Waals surface area (Å²) in [5.41, 5.74) is 1.63. The summed E-state index contributed by atoms with van der Waals surface area (Å²) in [5, 5.41) is 12.0. The Labute approximate surface area is 101 Å². The number of aryl methyl sites for hydroxylation is 2. The van der Waals surface area contributed by atoms with Crippen LogP contribution in [0.2, 0.25) is 0 Å². The Morgan fingerprint density at radius 2 is 2.47 bits per heavy atom. The number of nitrogens with zero attached hydrogens (tertiary/aromatic N) is 3. The Bertz CT molecular complexity index is 585. The summed E-state index contributed by atoms with van der Waals surface area (Å²) in [5.74, 6) is -1.05. The number of oxime groups is 1. The molecule has 0 spiro atoms. The van der Waals surface area contributed by atoms with Gasteiger partial charge in [-0.3, -0.25) is 4.40 Å². The standard InChI is InChI=1S/C10H11N3O3S/c1-6-4-13-8(3-11-16-5-9(14)15)7(2)12-10(13)17-6/h3-4H,5H2,1-2H3,(H,14,15). The van der Waals surface area contributed by atoms with E-state index in [9.17, 15) is 4.79 Å². The van der Waals surface area contributed by atoms with Crippen molar-refractivity contribution in [1.29, 1.82) is 0 Å². The zero-order chi connectivity index (χ0) is 12.4. The molecule has 0 unspecified atom stereocenters. The number of imidazole rings is 1. The molecular formula is C10H11N3O3S. The Morgan fingerprint density at radius 1 is 1.71 bits per heavy atom. The van der Waals surface area contributed by atoms with Crippen LogP contribution in [-0.4, -0.2) is 33.3 Å². The molecule has 7 heteroatoms. The fourth-order valence-corrected chi connectivity index (χ4v) is 2.29. The smallest absolute Gasteiger partial charge is 0.344 e. The average molecular weight is 253 g/mol. The molecule has 2 rings (SSSR count). The van der Waals surface area contributed by atoms with E-state index in [0.717, 1.165) is 21.2 Å². The average Bonchev–Trinajstić information content (AvgIpc) is 2.69. The lowest BCUT2D eigenvalue weighted by atomic mass is 10.4. The van der Waals surface area contributed by atoms with Gasteiger partial charge in [0.2, 0.25) is 6.61 Å². The van der Waals surface area contributed by atoms with E-state index in [4.69, 9.17) is 5.11 Å². The number of fused-ring (bicyclic) bond motifs is 1. The van der Waals surface area contributed by atoms with Crippen LogP contribution in [0.25, 0.3) is 4.96 Å². The lowest BCUT2D eigenvalue weighted by molar-refractivity contribution is -0.142. The normalized spacial score (nSPS) is 11.4. The van der Waals surface area contributed by atoms with E-state index in [1.807, 2.05) is 24.4 Å². The van der Waals surface area contributed by atoms with Gasteiger partial charge >= 0.3 is 5.97 Å². The summed E-state index contributed by atoms with van der Waals surface area (Å²) in [6, 6.07) is 0. The Kier molecular flexibility index (Phi) is 3.10. The fourth-order valence-electron chi connectivity index (χ4n) is 1.42. The van der Waals surface area contributed by atoms with Gasteiger partial charge in [0.15, 0.2) is 4.96 Å². The van der Waals surface area contributed by atoms with Crippen LogP contribution in [0.1, 0.15) is 16.3 Å². The van der Waals surface area contributed by atoms with Crippen molar-refractivity contribution in [3.8, 4) is 0 Å². The van der Waals surface area contributed by atoms with Crippen LogP contribution < -0.4 is 0 Å². The van der Waals surface area contributed by atoms with Gasteiger partial charge in [0.1, 0.15) is 0 Å². The van der Waals surface area contributed by atoms with Crippen LogP contribution in [0, 0.1) is 13.8 Å². The van der Waals surface area contributed by atoms with Crippen molar-refractivity contribution in [2.45, 2.75) is 13.8 Å². The summed E-state index contributed by atoms with van der Waals surface area (Å²) in [6.07, 6.45) is 3.43. The van der Waals surface area contributed by atoms with Gasteiger partial charge in [0.25, 0.3) is 0 Å². The monoisotopic (exact) mass is 253 g/mol. The molecule has 0 fully saturated rings. The van der Waals surface area contributed by atoms with Crippen LogP contribution in [-0.2, 0) is 9.63 Å². The van der Waals surface area contributed by atoms with Crippen LogP contribution >= 0.6 is 11.3 Å². The molecule has 0 aliphatic heterocycles. The molecule has 6 nitrogen and oxygen atoms in total. The third-order valence-corrected chi connectivity index (χ3v) is 3.00. The van der Waals surface area contributed by atoms with Gasteiger partial charge in [0.05, 0.1) is 17.6 Å². The first-order valence-corrected chi connectivity index (χ1v) is 5.72. The van der Waals surface area contributed by atoms with Crippen molar-refractivity contribution in [1.82, 2.24) is 9.38 Å². The van der Waals surface area contributed by atoms with Crippen molar-refractivity contribution in [2.24, 2.45) is 5.16 Å². The SMILES string of the molecule is Cc1cn2c(C=NOCC(=O)O)c(C)nc2s1. The summed E-state index contributed by atoms with van der Waals surface area (Å²) in [6.45, 7) is 3.42. The molecule has 0 aromatic carbocycles. The van der Waals surface area contributed by atoms with Gasteiger partial charge < -0.3 is 9.94 Å². The second kappa shape index (κ2) is 4.54. The molecule has 90 valence electrons. The molecule has 0 amide bonds. The summed E-state index contributed by atoms with van der Waals surface area (Å²) >= 11 is 1.59. The number of rotatable bonds is 4. The molecule has 17 heavy (non-hydrogen) atoms. The van der Waals surface area contributed by atoms with Crippen LogP contribution in [0.5, 0.6) is 0 Å². The number of carboxylic acids is 1. The molecule has 0 aliphatic carbocycles. The highest BCUT2D eigenvalue weighted by Crippen LogP contribution is 2.19. The second-order valence-electron chi connectivity index (χ2n) is 3.48. The Hall–Kier alpha value is -1.89. The van der Waals surface area contributed by atoms with Gasteiger partial charge in [-0.25, -0.2) is 9.78 Å². The van der Waals surface area contributed by atoms with E-state index in [-0.39, 0.29) is 0 Å². The van der Waals surface area contributed by atoms with Crippen molar-refractivity contribution in [2.75, 3.05) is 6.61 Å². The van der Waals surface area contributed by atoms with Gasteiger partial charge in [-0.2, -0.15) is 0 Å². The lowest BCUT2D eigenvalue weighted by Gasteiger charge is -1.94.